The van der Waals surface area contributed by atoms with Gasteiger partial charge in [0.2, 0.25) is 0 Å². The number of hydrogen-bond donors (Lipinski definition) is 1. The number of carbonyl (C=O) groups is 1. The molecule has 1 unspecified atom stereocenters. The van der Waals surface area contributed by atoms with E-state index in [9.17, 15) is 4.79 Å². The fourth-order valence-corrected chi connectivity index (χ4v) is 2.13. The fraction of sp³-hybridized carbons (Fsp3) is 0.727. The summed E-state index contributed by atoms with van der Waals surface area (Å²) in [6, 6.07) is 0.891. The van der Waals surface area contributed by atoms with E-state index in [-0.39, 0.29) is 0 Å². The van der Waals surface area contributed by atoms with Gasteiger partial charge in [0.05, 0.1) is 0 Å². The molecule has 0 spiro atoms. The number of carboxylic acids is 1. The molecule has 1 N–H and O–H groups in total. The summed E-state index contributed by atoms with van der Waals surface area (Å²) in [6.07, 6.45) is 2.88. The van der Waals surface area contributed by atoms with Crippen LogP contribution in [0, 0.1) is 0 Å². The zero-order valence-corrected chi connectivity index (χ0v) is 8.99. The Morgan fingerprint density at radius 1 is 1.64 bits per heavy atom. The largest absolute Gasteiger partial charge is 0.478 e. The van der Waals surface area contributed by atoms with Crippen molar-refractivity contribution < 1.29 is 9.90 Å². The molecular weight excluding hydrogens is 178 g/mol. The van der Waals surface area contributed by atoms with E-state index < -0.39 is 5.97 Å². The smallest absolute Gasteiger partial charge is 0.331 e. The van der Waals surface area contributed by atoms with Gasteiger partial charge in [0, 0.05) is 17.7 Å². The zero-order chi connectivity index (χ0) is 10.7. The molecule has 1 aliphatic heterocycles. The van der Waals surface area contributed by atoms with Crippen LogP contribution in [-0.2, 0) is 4.79 Å². The van der Waals surface area contributed by atoms with E-state index in [4.69, 9.17) is 5.11 Å². The molecule has 14 heavy (non-hydrogen) atoms. The Labute approximate surface area is 85.4 Å². The second-order valence-corrected chi connectivity index (χ2v) is 4.24. The number of nitrogens with zero attached hydrogens (tertiary/aromatic N) is 1. The number of likely N-dealkylation sites (tertiary alicyclic amines) is 1. The molecule has 1 rings (SSSR count). The Hall–Kier alpha value is -0.830. The maximum atomic E-state index is 10.6. The average Bonchev–Trinajstić information content (AvgIpc) is 2.52. The highest BCUT2D eigenvalue weighted by molar-refractivity contribution is 5.85. The van der Waals surface area contributed by atoms with Gasteiger partial charge in [0.15, 0.2) is 0 Å². The summed E-state index contributed by atoms with van der Waals surface area (Å²) in [5, 5.41) is 8.75. The second-order valence-electron chi connectivity index (χ2n) is 4.24. The highest BCUT2D eigenvalue weighted by atomic mass is 16.4. The molecular formula is C11H19NO2. The van der Waals surface area contributed by atoms with Crippen molar-refractivity contribution in [1.82, 2.24) is 4.90 Å². The first-order valence-electron chi connectivity index (χ1n) is 5.19. The van der Waals surface area contributed by atoms with Crippen LogP contribution in [0.25, 0.3) is 0 Å². The molecule has 80 valence electrons. The van der Waals surface area contributed by atoms with Crippen LogP contribution in [0.15, 0.2) is 12.2 Å². The van der Waals surface area contributed by atoms with E-state index in [2.05, 4.69) is 25.3 Å². The standard InChI is InChI=1S/C11H19NO2/c1-8(2)12-6-4-5-10(12)7-9(3)11(13)14/h8,10H,3-7H2,1-2H3,(H,13,14). The first-order valence-corrected chi connectivity index (χ1v) is 5.19. The van der Waals surface area contributed by atoms with Crippen molar-refractivity contribution in [3.63, 3.8) is 0 Å². The van der Waals surface area contributed by atoms with Gasteiger partial charge in [-0.3, -0.25) is 4.90 Å². The molecule has 1 atom stereocenters. The summed E-state index contributed by atoms with van der Waals surface area (Å²) < 4.78 is 0. The molecule has 0 aliphatic carbocycles. The van der Waals surface area contributed by atoms with Crippen LogP contribution < -0.4 is 0 Å². The predicted molar refractivity (Wildman–Crippen MR) is 56.3 cm³/mol. The van der Waals surface area contributed by atoms with Crippen molar-refractivity contribution in [2.45, 2.75) is 45.2 Å². The molecule has 0 aromatic heterocycles. The lowest BCUT2D eigenvalue weighted by molar-refractivity contribution is -0.132. The molecule has 0 radical (unpaired) electrons. The number of rotatable bonds is 4. The van der Waals surface area contributed by atoms with E-state index in [0.29, 0.717) is 24.1 Å². The monoisotopic (exact) mass is 197 g/mol. The van der Waals surface area contributed by atoms with Gasteiger partial charge in [-0.05, 0) is 39.7 Å². The van der Waals surface area contributed by atoms with Crippen LogP contribution in [-0.4, -0.2) is 34.6 Å². The van der Waals surface area contributed by atoms with E-state index in [1.165, 1.54) is 6.42 Å². The van der Waals surface area contributed by atoms with Gasteiger partial charge >= 0.3 is 5.97 Å². The predicted octanol–water partition coefficient (Wildman–Crippen LogP) is 1.89. The van der Waals surface area contributed by atoms with E-state index in [1.54, 1.807) is 0 Å². The number of carboxylic acid groups (broad SMARTS) is 1. The molecule has 3 heteroatoms. The Kier molecular flexibility index (Phi) is 3.69. The van der Waals surface area contributed by atoms with Crippen molar-refractivity contribution in [3.05, 3.63) is 12.2 Å². The third kappa shape index (κ3) is 2.58. The molecule has 0 bridgehead atoms. The number of aliphatic carboxylic acids is 1. The molecule has 3 nitrogen and oxygen atoms in total. The molecule has 1 aliphatic rings. The van der Waals surface area contributed by atoms with E-state index in [1.807, 2.05) is 0 Å². The summed E-state index contributed by atoms with van der Waals surface area (Å²) in [6.45, 7) is 8.99. The summed E-state index contributed by atoms with van der Waals surface area (Å²) in [7, 11) is 0. The van der Waals surface area contributed by atoms with Gasteiger partial charge in [-0.2, -0.15) is 0 Å². The van der Waals surface area contributed by atoms with E-state index >= 15 is 0 Å². The van der Waals surface area contributed by atoms with Crippen molar-refractivity contribution >= 4 is 5.97 Å². The number of hydrogen-bond acceptors (Lipinski definition) is 2. The van der Waals surface area contributed by atoms with E-state index in [0.717, 1.165) is 13.0 Å². The molecule has 1 fully saturated rings. The van der Waals surface area contributed by atoms with Gasteiger partial charge in [-0.15, -0.1) is 0 Å². The average molecular weight is 197 g/mol. The van der Waals surface area contributed by atoms with Gasteiger partial charge in [-0.1, -0.05) is 6.58 Å². The van der Waals surface area contributed by atoms with Gasteiger partial charge in [0.1, 0.15) is 0 Å². The van der Waals surface area contributed by atoms with Crippen LogP contribution in [0.5, 0.6) is 0 Å². The highest BCUT2D eigenvalue weighted by Gasteiger charge is 2.27. The third-order valence-corrected chi connectivity index (χ3v) is 2.87. The van der Waals surface area contributed by atoms with Crippen LogP contribution in [0.3, 0.4) is 0 Å². The van der Waals surface area contributed by atoms with Crippen molar-refractivity contribution in [2.24, 2.45) is 0 Å². The molecule has 0 aromatic rings. The Morgan fingerprint density at radius 3 is 2.79 bits per heavy atom. The Morgan fingerprint density at radius 2 is 2.29 bits per heavy atom. The summed E-state index contributed by atoms with van der Waals surface area (Å²) in [5.74, 6) is -0.861. The minimum Gasteiger partial charge on any atom is -0.478 e. The molecule has 0 saturated carbocycles. The fourth-order valence-electron chi connectivity index (χ4n) is 2.13. The van der Waals surface area contributed by atoms with Gasteiger partial charge in [0.25, 0.3) is 0 Å². The van der Waals surface area contributed by atoms with Gasteiger partial charge in [-0.25, -0.2) is 4.79 Å². The van der Waals surface area contributed by atoms with Crippen molar-refractivity contribution in [2.75, 3.05) is 6.54 Å². The zero-order valence-electron chi connectivity index (χ0n) is 8.99. The summed E-state index contributed by atoms with van der Waals surface area (Å²) in [4.78, 5) is 13.0. The summed E-state index contributed by atoms with van der Waals surface area (Å²) in [5.41, 5.74) is 0.336. The minimum absolute atomic E-state index is 0.336. The molecule has 0 amide bonds. The van der Waals surface area contributed by atoms with Crippen molar-refractivity contribution in [3.8, 4) is 0 Å². The SMILES string of the molecule is C=C(CC1CCCN1C(C)C)C(=O)O. The highest BCUT2D eigenvalue weighted by Crippen LogP contribution is 2.24. The molecule has 1 saturated heterocycles. The third-order valence-electron chi connectivity index (χ3n) is 2.87. The van der Waals surface area contributed by atoms with Crippen LogP contribution in [0.4, 0.5) is 0 Å². The lowest BCUT2D eigenvalue weighted by atomic mass is 10.0. The normalized spacial score (nSPS) is 22.9. The first-order chi connectivity index (χ1) is 6.52. The second kappa shape index (κ2) is 4.60. The molecule has 1 heterocycles. The van der Waals surface area contributed by atoms with Crippen LogP contribution in [0.1, 0.15) is 33.1 Å². The minimum atomic E-state index is -0.861. The maximum absolute atomic E-state index is 10.6. The maximum Gasteiger partial charge on any atom is 0.331 e. The van der Waals surface area contributed by atoms with Gasteiger partial charge < -0.3 is 5.11 Å². The lowest BCUT2D eigenvalue weighted by Crippen LogP contribution is -2.36. The molecule has 0 aromatic carbocycles. The van der Waals surface area contributed by atoms with Crippen molar-refractivity contribution in [1.29, 1.82) is 0 Å². The topological polar surface area (TPSA) is 40.5 Å². The first kappa shape index (κ1) is 11.2. The Balaban J connectivity index is 2.51. The summed E-state index contributed by atoms with van der Waals surface area (Å²) >= 11 is 0. The van der Waals surface area contributed by atoms with Crippen LogP contribution in [0.2, 0.25) is 0 Å². The lowest BCUT2D eigenvalue weighted by Gasteiger charge is -2.28. The van der Waals surface area contributed by atoms with Crippen LogP contribution >= 0.6 is 0 Å². The Bertz CT molecular complexity index is 235. The quantitative estimate of drug-likeness (QED) is 0.700.